The maximum atomic E-state index is 13.0. The monoisotopic (exact) mass is 459 g/mol. The van der Waals surface area contributed by atoms with E-state index in [9.17, 15) is 14.4 Å². The fraction of sp³-hybridized carbons (Fsp3) is 0.364. The molecule has 2 aromatic heterocycles. The first-order chi connectivity index (χ1) is 14.9. The first-order valence-corrected chi connectivity index (χ1v) is 11.4. The van der Waals surface area contributed by atoms with Crippen LogP contribution in [-0.4, -0.2) is 27.5 Å². The van der Waals surface area contributed by atoms with Crippen LogP contribution >= 0.6 is 22.9 Å². The van der Waals surface area contributed by atoms with Crippen molar-refractivity contribution in [3.63, 3.8) is 0 Å². The van der Waals surface area contributed by atoms with Crippen LogP contribution < -0.4 is 10.9 Å². The Labute approximate surface area is 188 Å². The van der Waals surface area contributed by atoms with Crippen molar-refractivity contribution in [2.24, 2.45) is 0 Å². The summed E-state index contributed by atoms with van der Waals surface area (Å²) < 4.78 is 6.88. The highest BCUT2D eigenvalue weighted by atomic mass is 35.5. The molecule has 4 rings (SSSR count). The summed E-state index contributed by atoms with van der Waals surface area (Å²) in [6.07, 6.45) is 6.30. The van der Waals surface area contributed by atoms with Gasteiger partial charge in [0.05, 0.1) is 22.4 Å². The Bertz CT molecular complexity index is 1200. The molecular formula is C22H22ClN3O4S. The van der Waals surface area contributed by atoms with E-state index in [1.807, 2.05) is 0 Å². The summed E-state index contributed by atoms with van der Waals surface area (Å²) in [5.41, 5.74) is 0.639. The maximum Gasteiger partial charge on any atom is 0.348 e. The number of ether oxygens (including phenoxy) is 1. The number of nitrogens with zero attached hydrogens (tertiary/aromatic N) is 2. The number of aryl methyl sites for hydroxylation is 1. The lowest BCUT2D eigenvalue weighted by Gasteiger charge is -2.21. The summed E-state index contributed by atoms with van der Waals surface area (Å²) in [4.78, 5) is 43.3. The van der Waals surface area contributed by atoms with Gasteiger partial charge in [-0.1, -0.05) is 30.2 Å². The van der Waals surface area contributed by atoms with Crippen molar-refractivity contribution < 1.29 is 14.3 Å². The maximum absolute atomic E-state index is 13.0. The molecule has 2 heterocycles. The van der Waals surface area contributed by atoms with Gasteiger partial charge >= 0.3 is 5.97 Å². The van der Waals surface area contributed by atoms with Gasteiger partial charge in [0, 0.05) is 0 Å². The summed E-state index contributed by atoms with van der Waals surface area (Å²) in [5.74, 6) is -0.809. The zero-order valence-corrected chi connectivity index (χ0v) is 18.6. The second-order valence-electron chi connectivity index (χ2n) is 7.61. The molecule has 31 heavy (non-hydrogen) atoms. The molecule has 0 saturated heterocycles. The Morgan fingerprint density at radius 3 is 2.74 bits per heavy atom. The topological polar surface area (TPSA) is 90.3 Å². The fourth-order valence-corrected chi connectivity index (χ4v) is 4.97. The molecule has 1 fully saturated rings. The molecular weight excluding hydrogens is 438 g/mol. The highest BCUT2D eigenvalue weighted by Gasteiger charge is 2.24. The standard InChI is InChI=1S/C22H22ClN3O4S/c1-13-18-20(31-19(13)22(29)30-14-7-3-2-4-8-14)24-12-26(21(18)28)11-17(27)25-16-10-6-5-9-15(16)23/h5-6,9-10,12,14H,2-4,7-8,11H2,1H3,(H,25,27). The van der Waals surface area contributed by atoms with Gasteiger partial charge in [-0.3, -0.25) is 14.2 Å². The number of para-hydroxylation sites is 1. The molecule has 9 heteroatoms. The first kappa shape index (κ1) is 21.5. The molecule has 7 nitrogen and oxygen atoms in total. The van der Waals surface area contributed by atoms with Crippen molar-refractivity contribution in [3.05, 3.63) is 56.4 Å². The van der Waals surface area contributed by atoms with E-state index in [-0.39, 0.29) is 18.2 Å². The van der Waals surface area contributed by atoms with Crippen molar-refractivity contribution in [2.45, 2.75) is 51.7 Å². The molecule has 1 aliphatic carbocycles. The number of carbonyl (C=O) groups is 2. The average Bonchev–Trinajstić information content (AvgIpc) is 3.10. The summed E-state index contributed by atoms with van der Waals surface area (Å²) >= 11 is 7.22. The quantitative estimate of drug-likeness (QED) is 0.565. The molecule has 1 aliphatic rings. The third kappa shape index (κ3) is 4.65. The number of anilines is 1. The second kappa shape index (κ2) is 9.20. The molecule has 162 valence electrons. The minimum absolute atomic E-state index is 0.0658. The molecule has 1 aromatic carbocycles. The van der Waals surface area contributed by atoms with Crippen molar-refractivity contribution in [3.8, 4) is 0 Å². The third-order valence-electron chi connectivity index (χ3n) is 5.39. The minimum Gasteiger partial charge on any atom is -0.458 e. The molecule has 1 amide bonds. The Balaban J connectivity index is 1.55. The number of aromatic nitrogens is 2. The zero-order chi connectivity index (χ0) is 22.0. The van der Waals surface area contributed by atoms with Gasteiger partial charge in [-0.15, -0.1) is 11.3 Å². The number of benzene rings is 1. The van der Waals surface area contributed by atoms with E-state index in [1.54, 1.807) is 31.2 Å². The van der Waals surface area contributed by atoms with Crippen molar-refractivity contribution >= 4 is 50.7 Å². The Kier molecular flexibility index (Phi) is 6.38. The van der Waals surface area contributed by atoms with Gasteiger partial charge in [-0.25, -0.2) is 9.78 Å². The predicted octanol–water partition coefficient (Wildman–Crippen LogP) is 4.55. The Hall–Kier alpha value is -2.71. The summed E-state index contributed by atoms with van der Waals surface area (Å²) in [6, 6.07) is 6.86. The van der Waals surface area contributed by atoms with Gasteiger partial charge in [0.15, 0.2) is 0 Å². The largest absolute Gasteiger partial charge is 0.458 e. The predicted molar refractivity (Wildman–Crippen MR) is 121 cm³/mol. The number of halogens is 1. The molecule has 0 radical (unpaired) electrons. The van der Waals surface area contributed by atoms with Crippen LogP contribution in [0.5, 0.6) is 0 Å². The van der Waals surface area contributed by atoms with Gasteiger partial charge in [-0.05, 0) is 50.3 Å². The number of rotatable bonds is 5. The number of hydrogen-bond acceptors (Lipinski definition) is 6. The van der Waals surface area contributed by atoms with Crippen LogP contribution in [0.25, 0.3) is 10.2 Å². The molecule has 3 aromatic rings. The van der Waals surface area contributed by atoms with E-state index >= 15 is 0 Å². The van der Waals surface area contributed by atoms with Crippen LogP contribution in [0, 0.1) is 6.92 Å². The summed E-state index contributed by atoms with van der Waals surface area (Å²) in [6.45, 7) is 1.50. The van der Waals surface area contributed by atoms with Gasteiger partial charge in [0.1, 0.15) is 22.4 Å². The number of carbonyl (C=O) groups excluding carboxylic acids is 2. The Morgan fingerprint density at radius 2 is 2.00 bits per heavy atom. The third-order valence-corrected chi connectivity index (χ3v) is 6.90. The average molecular weight is 460 g/mol. The van der Waals surface area contributed by atoms with E-state index in [4.69, 9.17) is 16.3 Å². The van der Waals surface area contributed by atoms with Gasteiger partial charge in [0.25, 0.3) is 5.56 Å². The molecule has 0 aliphatic heterocycles. The number of thiophene rings is 1. The van der Waals surface area contributed by atoms with Crippen molar-refractivity contribution in [2.75, 3.05) is 5.32 Å². The van der Waals surface area contributed by atoms with E-state index in [1.165, 1.54) is 17.3 Å². The zero-order valence-electron chi connectivity index (χ0n) is 17.0. The summed E-state index contributed by atoms with van der Waals surface area (Å²) in [5, 5.41) is 3.44. The molecule has 0 atom stereocenters. The molecule has 0 unspecified atom stereocenters. The van der Waals surface area contributed by atoms with Crippen molar-refractivity contribution in [1.29, 1.82) is 0 Å². The number of esters is 1. The molecule has 1 N–H and O–H groups in total. The van der Waals surface area contributed by atoms with Gasteiger partial charge < -0.3 is 10.1 Å². The summed E-state index contributed by atoms with van der Waals surface area (Å²) in [7, 11) is 0. The first-order valence-electron chi connectivity index (χ1n) is 10.2. The normalized spacial score (nSPS) is 14.5. The van der Waals surface area contributed by atoms with Crippen LogP contribution in [0.3, 0.4) is 0 Å². The lowest BCUT2D eigenvalue weighted by molar-refractivity contribution is -0.116. The van der Waals surface area contributed by atoms with Crippen LogP contribution in [0.1, 0.15) is 47.3 Å². The fourth-order valence-electron chi connectivity index (χ4n) is 3.76. The van der Waals surface area contributed by atoms with Crippen LogP contribution in [0.15, 0.2) is 35.4 Å². The van der Waals surface area contributed by atoms with E-state index in [2.05, 4.69) is 10.3 Å². The van der Waals surface area contributed by atoms with E-state index in [0.29, 0.717) is 31.4 Å². The number of fused-ring (bicyclic) bond motifs is 1. The number of amides is 1. The van der Waals surface area contributed by atoms with Gasteiger partial charge in [0.2, 0.25) is 5.91 Å². The lowest BCUT2D eigenvalue weighted by atomic mass is 9.98. The molecule has 0 bridgehead atoms. The molecule has 1 saturated carbocycles. The smallest absolute Gasteiger partial charge is 0.348 e. The van der Waals surface area contributed by atoms with Crippen molar-refractivity contribution in [1.82, 2.24) is 9.55 Å². The van der Waals surface area contributed by atoms with Crippen LogP contribution in [0.4, 0.5) is 5.69 Å². The Morgan fingerprint density at radius 1 is 1.26 bits per heavy atom. The number of hydrogen-bond donors (Lipinski definition) is 1. The number of nitrogens with one attached hydrogen (secondary N) is 1. The SMILES string of the molecule is Cc1c(C(=O)OC2CCCCC2)sc2ncn(CC(=O)Nc3ccccc3Cl)c(=O)c12. The second-order valence-corrected chi connectivity index (χ2v) is 9.01. The minimum atomic E-state index is -0.408. The molecule has 0 spiro atoms. The highest BCUT2D eigenvalue weighted by molar-refractivity contribution is 7.20. The van der Waals surface area contributed by atoms with E-state index < -0.39 is 11.9 Å². The van der Waals surface area contributed by atoms with Crippen LogP contribution in [0.2, 0.25) is 5.02 Å². The highest BCUT2D eigenvalue weighted by Crippen LogP contribution is 2.29. The van der Waals surface area contributed by atoms with Gasteiger partial charge in [-0.2, -0.15) is 0 Å². The lowest BCUT2D eigenvalue weighted by Crippen LogP contribution is -2.28. The van der Waals surface area contributed by atoms with Crippen LogP contribution in [-0.2, 0) is 16.1 Å². The van der Waals surface area contributed by atoms with E-state index in [0.717, 1.165) is 37.0 Å².